The zero-order valence-electron chi connectivity index (χ0n) is 17.0. The second kappa shape index (κ2) is 7.79. The van der Waals surface area contributed by atoms with Gasteiger partial charge in [-0.15, -0.1) is 0 Å². The van der Waals surface area contributed by atoms with Crippen LogP contribution in [0.1, 0.15) is 30.8 Å². The van der Waals surface area contributed by atoms with Crippen LogP contribution in [0.4, 0.5) is 0 Å². The molecule has 1 fully saturated rings. The molecule has 3 heterocycles. The van der Waals surface area contributed by atoms with Crippen molar-refractivity contribution in [1.82, 2.24) is 24.5 Å². The van der Waals surface area contributed by atoms with Crippen LogP contribution in [0.3, 0.4) is 0 Å². The summed E-state index contributed by atoms with van der Waals surface area (Å²) in [5.74, 6) is -0.0941. The average Bonchev–Trinajstić information content (AvgIpc) is 3.11. The topological polar surface area (TPSA) is 82.2 Å². The van der Waals surface area contributed by atoms with Gasteiger partial charge in [0.1, 0.15) is 6.04 Å². The summed E-state index contributed by atoms with van der Waals surface area (Å²) in [7, 11) is 0. The van der Waals surface area contributed by atoms with Gasteiger partial charge in [0.05, 0.1) is 35.7 Å². The standard InChI is InChI=1S/C21H25N5O3/c1-4-17(20(27)24-10-12-29-13-11-24)26-21(28)19-18(14(2)22-26)15(3)25(23-19)16-8-6-5-7-9-16/h5-9,17H,4,10-13H2,1-3H3. The Morgan fingerprint density at radius 2 is 1.83 bits per heavy atom. The van der Waals surface area contributed by atoms with Crippen LogP contribution >= 0.6 is 0 Å². The van der Waals surface area contributed by atoms with Crippen molar-refractivity contribution in [3.63, 3.8) is 0 Å². The molecule has 0 N–H and O–H groups in total. The molecule has 0 aliphatic carbocycles. The van der Waals surface area contributed by atoms with E-state index in [1.165, 1.54) is 4.68 Å². The van der Waals surface area contributed by atoms with E-state index in [4.69, 9.17) is 4.74 Å². The Morgan fingerprint density at radius 3 is 2.48 bits per heavy atom. The normalized spacial score (nSPS) is 15.6. The highest BCUT2D eigenvalue weighted by molar-refractivity contribution is 5.84. The predicted molar refractivity (Wildman–Crippen MR) is 109 cm³/mol. The summed E-state index contributed by atoms with van der Waals surface area (Å²) in [6.45, 7) is 7.78. The van der Waals surface area contributed by atoms with E-state index >= 15 is 0 Å². The first kappa shape index (κ1) is 19.3. The van der Waals surface area contributed by atoms with Gasteiger partial charge in [0.2, 0.25) is 5.91 Å². The number of amides is 1. The fourth-order valence-corrected chi connectivity index (χ4v) is 3.93. The first-order valence-electron chi connectivity index (χ1n) is 9.93. The molecule has 3 aromatic rings. The molecule has 1 amide bonds. The molecule has 1 atom stereocenters. The maximum atomic E-state index is 13.3. The molecule has 1 saturated heterocycles. The van der Waals surface area contributed by atoms with Crippen LogP contribution in [-0.2, 0) is 9.53 Å². The van der Waals surface area contributed by atoms with Crippen molar-refractivity contribution in [3.8, 4) is 5.69 Å². The molecule has 0 bridgehead atoms. The molecule has 8 nitrogen and oxygen atoms in total. The summed E-state index contributed by atoms with van der Waals surface area (Å²) >= 11 is 0. The van der Waals surface area contributed by atoms with E-state index in [0.29, 0.717) is 43.9 Å². The second-order valence-corrected chi connectivity index (χ2v) is 7.25. The SMILES string of the molecule is CCC(C(=O)N1CCOCC1)n1nc(C)c2c(C)n(-c3ccccc3)nc2c1=O. The van der Waals surface area contributed by atoms with Gasteiger partial charge in [-0.2, -0.15) is 10.2 Å². The van der Waals surface area contributed by atoms with Crippen molar-refractivity contribution in [2.75, 3.05) is 26.3 Å². The monoisotopic (exact) mass is 395 g/mol. The van der Waals surface area contributed by atoms with Gasteiger partial charge in [-0.05, 0) is 32.4 Å². The number of aryl methyl sites for hydroxylation is 2. The van der Waals surface area contributed by atoms with Gasteiger partial charge in [-0.1, -0.05) is 25.1 Å². The van der Waals surface area contributed by atoms with Gasteiger partial charge in [0.25, 0.3) is 5.56 Å². The lowest BCUT2D eigenvalue weighted by Gasteiger charge is -2.30. The molecule has 0 spiro atoms. The Hall–Kier alpha value is -3.00. The summed E-state index contributed by atoms with van der Waals surface area (Å²) in [6, 6.07) is 9.03. The van der Waals surface area contributed by atoms with Crippen molar-refractivity contribution in [3.05, 3.63) is 52.1 Å². The zero-order chi connectivity index (χ0) is 20.5. The van der Waals surface area contributed by atoms with Crippen molar-refractivity contribution >= 4 is 16.8 Å². The first-order valence-corrected chi connectivity index (χ1v) is 9.93. The highest BCUT2D eigenvalue weighted by Crippen LogP contribution is 2.22. The Balaban J connectivity index is 1.82. The highest BCUT2D eigenvalue weighted by atomic mass is 16.5. The largest absolute Gasteiger partial charge is 0.378 e. The van der Waals surface area contributed by atoms with E-state index in [1.807, 2.05) is 51.1 Å². The molecule has 0 radical (unpaired) electrons. The molecule has 1 aliphatic rings. The maximum absolute atomic E-state index is 13.3. The van der Waals surface area contributed by atoms with E-state index in [2.05, 4.69) is 10.2 Å². The molecule has 0 saturated carbocycles. The zero-order valence-corrected chi connectivity index (χ0v) is 17.0. The van der Waals surface area contributed by atoms with E-state index in [9.17, 15) is 9.59 Å². The van der Waals surface area contributed by atoms with Crippen LogP contribution in [-0.4, -0.2) is 56.7 Å². The number of ether oxygens (including phenoxy) is 1. The lowest BCUT2D eigenvalue weighted by atomic mass is 10.1. The van der Waals surface area contributed by atoms with E-state index < -0.39 is 6.04 Å². The van der Waals surface area contributed by atoms with Crippen LogP contribution < -0.4 is 5.56 Å². The minimum absolute atomic E-state index is 0.0941. The average molecular weight is 395 g/mol. The molecule has 8 heteroatoms. The third-order valence-electron chi connectivity index (χ3n) is 5.44. The van der Waals surface area contributed by atoms with E-state index in [0.717, 1.165) is 16.8 Å². The molecule has 1 unspecified atom stereocenters. The van der Waals surface area contributed by atoms with Gasteiger partial charge in [0, 0.05) is 13.1 Å². The van der Waals surface area contributed by atoms with Gasteiger partial charge in [-0.25, -0.2) is 9.36 Å². The molecular weight excluding hydrogens is 370 g/mol. The number of rotatable bonds is 4. The molecule has 4 rings (SSSR count). The third-order valence-corrected chi connectivity index (χ3v) is 5.44. The van der Waals surface area contributed by atoms with E-state index in [-0.39, 0.29) is 11.5 Å². The fraction of sp³-hybridized carbons (Fsp3) is 0.429. The number of fused-ring (bicyclic) bond motifs is 1. The number of nitrogens with zero attached hydrogens (tertiary/aromatic N) is 5. The summed E-state index contributed by atoms with van der Waals surface area (Å²) in [5.41, 5.74) is 2.42. The number of hydrogen-bond donors (Lipinski definition) is 0. The van der Waals surface area contributed by atoms with Crippen LogP contribution in [0.15, 0.2) is 35.1 Å². The van der Waals surface area contributed by atoms with Crippen LogP contribution in [0.25, 0.3) is 16.6 Å². The highest BCUT2D eigenvalue weighted by Gasteiger charge is 2.29. The summed E-state index contributed by atoms with van der Waals surface area (Å²) < 4.78 is 8.41. The van der Waals surface area contributed by atoms with Gasteiger partial charge >= 0.3 is 0 Å². The van der Waals surface area contributed by atoms with Gasteiger partial charge in [0.15, 0.2) is 5.52 Å². The van der Waals surface area contributed by atoms with E-state index in [1.54, 1.807) is 9.58 Å². The smallest absolute Gasteiger partial charge is 0.295 e. The predicted octanol–water partition coefficient (Wildman–Crippen LogP) is 2.01. The molecule has 2 aromatic heterocycles. The molecule has 1 aromatic carbocycles. The number of para-hydroxylation sites is 1. The van der Waals surface area contributed by atoms with Crippen LogP contribution in [0.2, 0.25) is 0 Å². The lowest BCUT2D eigenvalue weighted by Crippen LogP contribution is -2.46. The minimum atomic E-state index is -0.647. The number of benzene rings is 1. The van der Waals surface area contributed by atoms with Crippen molar-refractivity contribution in [1.29, 1.82) is 0 Å². The molecule has 152 valence electrons. The van der Waals surface area contributed by atoms with Crippen molar-refractivity contribution in [2.24, 2.45) is 0 Å². The third kappa shape index (κ3) is 3.33. The van der Waals surface area contributed by atoms with Crippen molar-refractivity contribution < 1.29 is 9.53 Å². The summed E-state index contributed by atoms with van der Waals surface area (Å²) in [4.78, 5) is 28.1. The summed E-state index contributed by atoms with van der Waals surface area (Å²) in [6.07, 6.45) is 0.479. The van der Waals surface area contributed by atoms with Gasteiger partial charge < -0.3 is 9.64 Å². The second-order valence-electron chi connectivity index (χ2n) is 7.25. The Morgan fingerprint density at radius 1 is 1.14 bits per heavy atom. The maximum Gasteiger partial charge on any atom is 0.295 e. The van der Waals surface area contributed by atoms with Crippen LogP contribution in [0, 0.1) is 13.8 Å². The molecule has 1 aliphatic heterocycles. The quantitative estimate of drug-likeness (QED) is 0.675. The number of aromatic nitrogens is 4. The minimum Gasteiger partial charge on any atom is -0.378 e. The van der Waals surface area contributed by atoms with Gasteiger partial charge in [-0.3, -0.25) is 9.59 Å². The first-order chi connectivity index (χ1) is 14.0. The van der Waals surface area contributed by atoms with Crippen LogP contribution in [0.5, 0.6) is 0 Å². The number of hydrogen-bond acceptors (Lipinski definition) is 5. The number of morpholine rings is 1. The number of carbonyl (C=O) groups excluding carboxylic acids is 1. The summed E-state index contributed by atoms with van der Waals surface area (Å²) in [5, 5.41) is 9.86. The number of carbonyl (C=O) groups is 1. The lowest BCUT2D eigenvalue weighted by molar-refractivity contribution is -0.139. The molecule has 29 heavy (non-hydrogen) atoms. The van der Waals surface area contributed by atoms with Crippen molar-refractivity contribution in [2.45, 2.75) is 33.2 Å². The molecular formula is C21H25N5O3. The Kier molecular flexibility index (Phi) is 5.19. The Labute approximate surface area is 168 Å². The fourth-order valence-electron chi connectivity index (χ4n) is 3.93. The Bertz CT molecular complexity index is 1100.